The lowest BCUT2D eigenvalue weighted by Crippen LogP contribution is -2.16. The summed E-state index contributed by atoms with van der Waals surface area (Å²) in [6, 6.07) is 0.664. The highest BCUT2D eigenvalue weighted by Crippen LogP contribution is 2.19. The van der Waals surface area contributed by atoms with Crippen molar-refractivity contribution in [1.82, 2.24) is 15.5 Å². The van der Waals surface area contributed by atoms with Gasteiger partial charge in [-0.25, -0.2) is 0 Å². The summed E-state index contributed by atoms with van der Waals surface area (Å²) in [5.41, 5.74) is 0. The molecule has 1 unspecified atom stereocenters. The van der Waals surface area contributed by atoms with Crippen molar-refractivity contribution < 1.29 is 9.26 Å². The summed E-state index contributed by atoms with van der Waals surface area (Å²) in [4.78, 5) is 4.22. The smallest absolute Gasteiger partial charge is 0.255 e. The molecule has 1 aliphatic carbocycles. The van der Waals surface area contributed by atoms with E-state index < -0.39 is 0 Å². The Balaban J connectivity index is 1.87. The number of hydrogen-bond donors (Lipinski definition) is 1. The Morgan fingerprint density at radius 3 is 3.07 bits per heavy atom. The lowest BCUT2D eigenvalue weighted by molar-refractivity contribution is 0.0886. The molecule has 1 aromatic heterocycles. The summed E-state index contributed by atoms with van der Waals surface area (Å²) in [6.07, 6.45) is 2.40. The maximum atomic E-state index is 5.07. The minimum atomic E-state index is -0.128. The Bertz CT molecular complexity index is 296. The van der Waals surface area contributed by atoms with Crippen molar-refractivity contribution in [2.24, 2.45) is 0 Å². The van der Waals surface area contributed by atoms with E-state index in [0.717, 1.165) is 0 Å². The van der Waals surface area contributed by atoms with Gasteiger partial charge in [0.2, 0.25) is 0 Å². The highest BCUT2D eigenvalue weighted by atomic mass is 16.5. The molecule has 0 amide bonds. The van der Waals surface area contributed by atoms with E-state index in [-0.39, 0.29) is 6.10 Å². The molecule has 5 heteroatoms. The van der Waals surface area contributed by atoms with E-state index in [1.54, 1.807) is 7.11 Å². The third kappa shape index (κ3) is 2.30. The third-order valence-electron chi connectivity index (χ3n) is 2.31. The third-order valence-corrected chi connectivity index (χ3v) is 2.31. The molecule has 1 atom stereocenters. The molecule has 5 nitrogen and oxygen atoms in total. The topological polar surface area (TPSA) is 60.2 Å². The van der Waals surface area contributed by atoms with Gasteiger partial charge in [-0.05, 0) is 19.8 Å². The second-order valence-electron chi connectivity index (χ2n) is 3.58. The largest absolute Gasteiger partial charge is 0.372 e. The summed E-state index contributed by atoms with van der Waals surface area (Å²) >= 11 is 0. The van der Waals surface area contributed by atoms with Gasteiger partial charge in [-0.1, -0.05) is 5.16 Å². The first-order valence-corrected chi connectivity index (χ1v) is 4.88. The monoisotopic (exact) mass is 197 g/mol. The molecule has 2 rings (SSSR count). The molecule has 0 saturated heterocycles. The van der Waals surface area contributed by atoms with Gasteiger partial charge in [-0.15, -0.1) is 0 Å². The number of rotatable bonds is 5. The van der Waals surface area contributed by atoms with Gasteiger partial charge in [0.15, 0.2) is 5.82 Å². The molecule has 0 radical (unpaired) electrons. The SMILES string of the molecule is COC(C)c1nc(CNC2CC2)no1. The number of hydrogen-bond acceptors (Lipinski definition) is 5. The van der Waals surface area contributed by atoms with Crippen LogP contribution >= 0.6 is 0 Å². The van der Waals surface area contributed by atoms with Crippen LogP contribution in [0.25, 0.3) is 0 Å². The van der Waals surface area contributed by atoms with Gasteiger partial charge < -0.3 is 14.6 Å². The minimum Gasteiger partial charge on any atom is -0.372 e. The number of aromatic nitrogens is 2. The number of ether oxygens (including phenoxy) is 1. The van der Waals surface area contributed by atoms with Crippen LogP contribution in [-0.2, 0) is 11.3 Å². The summed E-state index contributed by atoms with van der Waals surface area (Å²) in [5, 5.41) is 7.17. The van der Waals surface area contributed by atoms with E-state index in [0.29, 0.717) is 24.3 Å². The fourth-order valence-electron chi connectivity index (χ4n) is 1.13. The predicted octanol–water partition coefficient (Wildman–Crippen LogP) is 1.03. The van der Waals surface area contributed by atoms with Crippen molar-refractivity contribution in [3.63, 3.8) is 0 Å². The molecule has 1 aliphatic rings. The van der Waals surface area contributed by atoms with Crippen LogP contribution in [-0.4, -0.2) is 23.3 Å². The molecule has 14 heavy (non-hydrogen) atoms. The Morgan fingerprint density at radius 1 is 1.64 bits per heavy atom. The summed E-state index contributed by atoms with van der Waals surface area (Å²) in [7, 11) is 1.62. The average Bonchev–Trinajstić information content (AvgIpc) is 2.92. The molecule has 1 heterocycles. The van der Waals surface area contributed by atoms with Crippen LogP contribution in [0.5, 0.6) is 0 Å². The Labute approximate surface area is 82.8 Å². The Hall–Kier alpha value is -0.940. The first-order chi connectivity index (χ1) is 6.79. The van der Waals surface area contributed by atoms with Crippen LogP contribution in [0, 0.1) is 0 Å². The summed E-state index contributed by atoms with van der Waals surface area (Å²) in [5.74, 6) is 1.25. The fourth-order valence-corrected chi connectivity index (χ4v) is 1.13. The number of methoxy groups -OCH3 is 1. The van der Waals surface area contributed by atoms with Gasteiger partial charge in [0.05, 0.1) is 6.54 Å². The molecule has 0 spiro atoms. The number of nitrogens with one attached hydrogen (secondary N) is 1. The van der Waals surface area contributed by atoms with E-state index in [2.05, 4.69) is 15.5 Å². The average molecular weight is 197 g/mol. The van der Waals surface area contributed by atoms with Crippen molar-refractivity contribution in [2.75, 3.05) is 7.11 Å². The molecule has 1 saturated carbocycles. The van der Waals surface area contributed by atoms with Gasteiger partial charge in [0.1, 0.15) is 6.10 Å². The van der Waals surface area contributed by atoms with Crippen LogP contribution in [0.4, 0.5) is 0 Å². The Morgan fingerprint density at radius 2 is 2.43 bits per heavy atom. The maximum Gasteiger partial charge on any atom is 0.255 e. The quantitative estimate of drug-likeness (QED) is 0.763. The fraction of sp³-hybridized carbons (Fsp3) is 0.778. The normalized spacial score (nSPS) is 18.4. The van der Waals surface area contributed by atoms with Gasteiger partial charge >= 0.3 is 0 Å². The van der Waals surface area contributed by atoms with Crippen LogP contribution in [0.2, 0.25) is 0 Å². The minimum absolute atomic E-state index is 0.128. The first kappa shape index (κ1) is 9.61. The van der Waals surface area contributed by atoms with Gasteiger partial charge in [-0.2, -0.15) is 4.98 Å². The van der Waals surface area contributed by atoms with Crippen molar-refractivity contribution in [1.29, 1.82) is 0 Å². The molecule has 1 aromatic rings. The van der Waals surface area contributed by atoms with Gasteiger partial charge in [0.25, 0.3) is 5.89 Å². The standard InChI is InChI=1S/C9H15N3O2/c1-6(13-2)9-11-8(12-14-9)5-10-7-3-4-7/h6-7,10H,3-5H2,1-2H3. The second kappa shape index (κ2) is 4.06. The van der Waals surface area contributed by atoms with Gasteiger partial charge in [0, 0.05) is 13.2 Å². The summed E-state index contributed by atoms with van der Waals surface area (Å²) < 4.78 is 10.1. The first-order valence-electron chi connectivity index (χ1n) is 4.88. The molecule has 0 aromatic carbocycles. The molecule has 1 N–H and O–H groups in total. The Kier molecular flexibility index (Phi) is 2.79. The lowest BCUT2D eigenvalue weighted by atomic mass is 10.4. The maximum absolute atomic E-state index is 5.07. The van der Waals surface area contributed by atoms with Crippen molar-refractivity contribution >= 4 is 0 Å². The molecule has 1 fully saturated rings. The molecule has 0 aliphatic heterocycles. The number of nitrogens with zero attached hydrogens (tertiary/aromatic N) is 2. The highest BCUT2D eigenvalue weighted by molar-refractivity contribution is 4.91. The van der Waals surface area contributed by atoms with Crippen molar-refractivity contribution in [3.05, 3.63) is 11.7 Å². The van der Waals surface area contributed by atoms with E-state index in [9.17, 15) is 0 Å². The van der Waals surface area contributed by atoms with Crippen LogP contribution in [0.3, 0.4) is 0 Å². The molecule has 0 bridgehead atoms. The van der Waals surface area contributed by atoms with E-state index >= 15 is 0 Å². The van der Waals surface area contributed by atoms with Crippen molar-refractivity contribution in [3.8, 4) is 0 Å². The second-order valence-corrected chi connectivity index (χ2v) is 3.58. The van der Waals surface area contributed by atoms with Crippen molar-refractivity contribution in [2.45, 2.75) is 38.5 Å². The van der Waals surface area contributed by atoms with E-state index in [4.69, 9.17) is 9.26 Å². The molecule has 78 valence electrons. The van der Waals surface area contributed by atoms with Gasteiger partial charge in [-0.3, -0.25) is 0 Å². The van der Waals surface area contributed by atoms with E-state index in [1.165, 1.54) is 12.8 Å². The van der Waals surface area contributed by atoms with Crippen LogP contribution in [0.15, 0.2) is 4.52 Å². The zero-order valence-corrected chi connectivity index (χ0v) is 8.49. The molecular weight excluding hydrogens is 182 g/mol. The zero-order valence-electron chi connectivity index (χ0n) is 8.49. The van der Waals surface area contributed by atoms with Crippen LogP contribution < -0.4 is 5.32 Å². The summed E-state index contributed by atoms with van der Waals surface area (Å²) in [6.45, 7) is 2.57. The van der Waals surface area contributed by atoms with Crippen LogP contribution in [0.1, 0.15) is 37.6 Å². The van der Waals surface area contributed by atoms with E-state index in [1.807, 2.05) is 6.92 Å². The highest BCUT2D eigenvalue weighted by Gasteiger charge is 2.21. The lowest BCUT2D eigenvalue weighted by Gasteiger charge is -2.00. The predicted molar refractivity (Wildman–Crippen MR) is 49.6 cm³/mol. The molecular formula is C9H15N3O2. The zero-order chi connectivity index (χ0) is 9.97.